The standard InChI is InChI=1S/C23H19Cl2N3O3/c1-11(2)20-19-21(27-26-20)22(30)28(16-10-14(25)5-7-17(16)31-3)23(19)15-6-4-13(24)8-12(15)9-18(23)29/h4-8,10-11H,9H2,1-3H3,(H,26,27). The molecule has 1 amide bonds. The SMILES string of the molecule is COc1ccc(Cl)cc1N1C(=O)c2n[nH]c(C(C)C)c2C12C(=O)Cc1cc(Cl)ccc12. The minimum absolute atomic E-state index is 0.0197. The molecule has 0 bridgehead atoms. The number of anilines is 1. The molecular weight excluding hydrogens is 437 g/mol. The summed E-state index contributed by atoms with van der Waals surface area (Å²) in [6.07, 6.45) is 0.157. The van der Waals surface area contributed by atoms with Crippen molar-refractivity contribution in [2.45, 2.75) is 31.7 Å². The zero-order chi connectivity index (χ0) is 22.1. The lowest BCUT2D eigenvalue weighted by molar-refractivity contribution is -0.121. The van der Waals surface area contributed by atoms with Gasteiger partial charge in [-0.1, -0.05) is 43.1 Å². The molecule has 2 heterocycles. The summed E-state index contributed by atoms with van der Waals surface area (Å²) in [7, 11) is 1.52. The fourth-order valence-electron chi connectivity index (χ4n) is 4.82. The van der Waals surface area contributed by atoms with E-state index < -0.39 is 5.54 Å². The first-order valence-corrected chi connectivity index (χ1v) is 10.6. The second kappa shape index (κ2) is 6.84. The zero-order valence-corrected chi connectivity index (χ0v) is 18.6. The molecule has 0 radical (unpaired) electrons. The number of Topliss-reactive ketones (excluding diaryl/α,β-unsaturated/α-hetero) is 1. The molecule has 1 N–H and O–H groups in total. The highest BCUT2D eigenvalue weighted by Gasteiger charge is 2.63. The first-order chi connectivity index (χ1) is 14.8. The van der Waals surface area contributed by atoms with E-state index in [0.717, 1.165) is 16.8 Å². The third-order valence-corrected chi connectivity index (χ3v) is 6.54. The number of hydrogen-bond donors (Lipinski definition) is 1. The van der Waals surface area contributed by atoms with Gasteiger partial charge in [-0.25, -0.2) is 0 Å². The number of hydrogen-bond acceptors (Lipinski definition) is 4. The van der Waals surface area contributed by atoms with Gasteiger partial charge in [-0.3, -0.25) is 19.6 Å². The van der Waals surface area contributed by atoms with Crippen LogP contribution < -0.4 is 9.64 Å². The van der Waals surface area contributed by atoms with Gasteiger partial charge < -0.3 is 4.74 Å². The summed E-state index contributed by atoms with van der Waals surface area (Å²) in [5.41, 5.74) is 2.16. The predicted octanol–water partition coefficient (Wildman–Crippen LogP) is 4.88. The maximum absolute atomic E-state index is 13.9. The molecule has 6 nitrogen and oxygen atoms in total. The lowest BCUT2D eigenvalue weighted by Crippen LogP contribution is -2.49. The van der Waals surface area contributed by atoms with E-state index in [9.17, 15) is 9.59 Å². The Morgan fingerprint density at radius 1 is 1.13 bits per heavy atom. The number of rotatable bonds is 3. The van der Waals surface area contributed by atoms with Gasteiger partial charge in [0.2, 0.25) is 0 Å². The Labute approximate surface area is 189 Å². The Balaban J connectivity index is 1.91. The number of methoxy groups -OCH3 is 1. The van der Waals surface area contributed by atoms with E-state index in [4.69, 9.17) is 27.9 Å². The minimum Gasteiger partial charge on any atom is -0.495 e. The predicted molar refractivity (Wildman–Crippen MR) is 118 cm³/mol. The Morgan fingerprint density at radius 2 is 1.84 bits per heavy atom. The van der Waals surface area contributed by atoms with Crippen molar-refractivity contribution < 1.29 is 14.3 Å². The number of carbonyl (C=O) groups excluding carboxylic acids is 2. The molecular formula is C23H19Cl2N3O3. The van der Waals surface area contributed by atoms with Crippen molar-refractivity contribution in [3.63, 3.8) is 0 Å². The molecule has 31 heavy (non-hydrogen) atoms. The number of aromatic amines is 1. The zero-order valence-electron chi connectivity index (χ0n) is 17.1. The number of amides is 1. The highest BCUT2D eigenvalue weighted by Crippen LogP contribution is 2.55. The van der Waals surface area contributed by atoms with Crippen molar-refractivity contribution in [3.8, 4) is 5.75 Å². The normalized spacial score (nSPS) is 19.5. The van der Waals surface area contributed by atoms with Crippen molar-refractivity contribution in [2.24, 2.45) is 0 Å². The smallest absolute Gasteiger partial charge is 0.280 e. The van der Waals surface area contributed by atoms with Crippen molar-refractivity contribution in [3.05, 3.63) is 74.5 Å². The van der Waals surface area contributed by atoms with Crippen molar-refractivity contribution in [2.75, 3.05) is 12.0 Å². The molecule has 1 aromatic heterocycles. The quantitative estimate of drug-likeness (QED) is 0.610. The van der Waals surface area contributed by atoms with Crippen LogP contribution in [-0.4, -0.2) is 29.0 Å². The van der Waals surface area contributed by atoms with Crippen LogP contribution >= 0.6 is 23.2 Å². The van der Waals surface area contributed by atoms with Gasteiger partial charge in [0, 0.05) is 27.7 Å². The van der Waals surface area contributed by atoms with E-state index in [-0.39, 0.29) is 29.7 Å². The van der Waals surface area contributed by atoms with Gasteiger partial charge in [-0.2, -0.15) is 5.10 Å². The van der Waals surface area contributed by atoms with E-state index in [0.29, 0.717) is 27.0 Å². The molecule has 3 aromatic rings. The summed E-state index contributed by atoms with van der Waals surface area (Å²) in [6.45, 7) is 3.99. The molecule has 1 aliphatic heterocycles. The van der Waals surface area contributed by atoms with Gasteiger partial charge in [0.15, 0.2) is 17.0 Å². The molecule has 0 saturated heterocycles. The summed E-state index contributed by atoms with van der Waals surface area (Å²) < 4.78 is 5.55. The number of carbonyl (C=O) groups is 2. The highest BCUT2D eigenvalue weighted by molar-refractivity contribution is 6.32. The highest BCUT2D eigenvalue weighted by atomic mass is 35.5. The molecule has 0 fully saturated rings. The van der Waals surface area contributed by atoms with Gasteiger partial charge in [0.25, 0.3) is 5.91 Å². The third kappa shape index (κ3) is 2.55. The number of halogens is 2. The maximum Gasteiger partial charge on any atom is 0.280 e. The summed E-state index contributed by atoms with van der Waals surface area (Å²) >= 11 is 12.5. The van der Waals surface area contributed by atoms with Crippen LogP contribution in [0.2, 0.25) is 10.0 Å². The number of nitrogens with one attached hydrogen (secondary N) is 1. The first-order valence-electron chi connectivity index (χ1n) is 9.89. The van der Waals surface area contributed by atoms with Crippen LogP contribution in [0.1, 0.15) is 52.6 Å². The van der Waals surface area contributed by atoms with E-state index in [1.165, 1.54) is 12.0 Å². The number of fused-ring (bicyclic) bond motifs is 4. The lowest BCUT2D eigenvalue weighted by atomic mass is 9.81. The fraction of sp³-hybridized carbons (Fsp3) is 0.261. The number of H-pyrrole nitrogens is 1. The van der Waals surface area contributed by atoms with Gasteiger partial charge in [-0.05, 0) is 47.4 Å². The van der Waals surface area contributed by atoms with Gasteiger partial charge in [0.1, 0.15) is 5.75 Å². The Hall–Kier alpha value is -2.83. The average Bonchev–Trinajstić information content (AvgIpc) is 3.35. The maximum atomic E-state index is 13.9. The number of benzene rings is 2. The monoisotopic (exact) mass is 455 g/mol. The lowest BCUT2D eigenvalue weighted by Gasteiger charge is -2.36. The van der Waals surface area contributed by atoms with Crippen LogP contribution in [-0.2, 0) is 16.8 Å². The van der Waals surface area contributed by atoms with E-state index in [2.05, 4.69) is 10.2 Å². The number of nitrogens with zero attached hydrogens (tertiary/aromatic N) is 2. The minimum atomic E-state index is -1.36. The van der Waals surface area contributed by atoms with Crippen LogP contribution in [0.3, 0.4) is 0 Å². The number of ketones is 1. The second-order valence-corrected chi connectivity index (χ2v) is 8.96. The van der Waals surface area contributed by atoms with E-state index >= 15 is 0 Å². The summed E-state index contributed by atoms with van der Waals surface area (Å²) in [6, 6.07) is 10.4. The molecule has 1 unspecified atom stereocenters. The third-order valence-electron chi connectivity index (χ3n) is 6.07. The first kappa shape index (κ1) is 20.1. The van der Waals surface area contributed by atoms with Crippen LogP contribution in [0.25, 0.3) is 0 Å². The second-order valence-electron chi connectivity index (χ2n) is 8.08. The molecule has 2 aliphatic rings. The van der Waals surface area contributed by atoms with Gasteiger partial charge >= 0.3 is 0 Å². The summed E-state index contributed by atoms with van der Waals surface area (Å²) in [5.74, 6) is -0.0455. The van der Waals surface area contributed by atoms with Gasteiger partial charge in [-0.15, -0.1) is 0 Å². The Kier molecular flexibility index (Phi) is 4.43. The topological polar surface area (TPSA) is 75.3 Å². The van der Waals surface area contributed by atoms with Crippen LogP contribution in [0.15, 0.2) is 36.4 Å². The molecule has 0 saturated carbocycles. The van der Waals surface area contributed by atoms with Crippen molar-refractivity contribution in [1.82, 2.24) is 10.2 Å². The van der Waals surface area contributed by atoms with Crippen LogP contribution in [0.5, 0.6) is 5.75 Å². The summed E-state index contributed by atoms with van der Waals surface area (Å²) in [5, 5.41) is 8.29. The van der Waals surface area contributed by atoms with Gasteiger partial charge in [0.05, 0.1) is 12.8 Å². The number of aromatic nitrogens is 2. The average molecular weight is 456 g/mol. The molecule has 1 spiro atoms. The van der Waals surface area contributed by atoms with Crippen LogP contribution in [0, 0.1) is 0 Å². The molecule has 1 aliphatic carbocycles. The van der Waals surface area contributed by atoms with Crippen molar-refractivity contribution in [1.29, 1.82) is 0 Å². The largest absolute Gasteiger partial charge is 0.495 e. The Bertz CT molecular complexity index is 1270. The Morgan fingerprint density at radius 3 is 2.55 bits per heavy atom. The molecule has 8 heteroatoms. The number of ether oxygens (including phenoxy) is 1. The molecule has 5 rings (SSSR count). The fourth-order valence-corrected chi connectivity index (χ4v) is 5.19. The van der Waals surface area contributed by atoms with Crippen molar-refractivity contribution >= 4 is 40.6 Å². The molecule has 1 atom stereocenters. The van der Waals surface area contributed by atoms with Crippen LogP contribution in [0.4, 0.5) is 5.69 Å². The summed E-state index contributed by atoms with van der Waals surface area (Å²) in [4.78, 5) is 29.1. The van der Waals surface area contributed by atoms with E-state index in [1.807, 2.05) is 19.9 Å². The van der Waals surface area contributed by atoms with E-state index in [1.54, 1.807) is 30.3 Å². The molecule has 158 valence electrons. The molecule has 2 aromatic carbocycles.